The molecule has 0 saturated heterocycles. The standard InChI is InChI=1S/C8H10.2CH4/c1-7-3-5-8(2)6-4-7;;/h3-6H,1-2H3;2*1H4. The molecule has 1 aromatic carbocycles. The van der Waals surface area contributed by atoms with E-state index in [1.54, 1.807) is 0 Å². The lowest BCUT2D eigenvalue weighted by Crippen LogP contribution is -1.70. The van der Waals surface area contributed by atoms with Crippen molar-refractivity contribution < 1.29 is 0 Å². The molecule has 0 heterocycles. The normalized spacial score (nSPS) is 7.40. The largest absolute Gasteiger partial charge is 0.0776 e. The molecule has 0 heteroatoms. The minimum absolute atomic E-state index is 0. The van der Waals surface area contributed by atoms with Crippen LogP contribution in [0.2, 0.25) is 0 Å². The Morgan fingerprint density at radius 2 is 0.900 bits per heavy atom. The summed E-state index contributed by atoms with van der Waals surface area (Å²) in [5, 5.41) is 0. The molecule has 0 bridgehead atoms. The maximum atomic E-state index is 2.12. The third kappa shape index (κ3) is 3.29. The topological polar surface area (TPSA) is 0 Å². The van der Waals surface area contributed by atoms with E-state index in [-0.39, 0.29) is 14.9 Å². The Labute approximate surface area is 64.9 Å². The molecule has 0 unspecified atom stereocenters. The zero-order valence-electron chi connectivity index (χ0n) is 5.31. The monoisotopic (exact) mass is 138 g/mol. The minimum Gasteiger partial charge on any atom is -0.0776 e. The molecule has 0 aliphatic rings. The second-order valence-corrected chi connectivity index (χ2v) is 2.15. The molecule has 1 aromatic rings. The van der Waals surface area contributed by atoms with E-state index in [1.165, 1.54) is 11.1 Å². The average molecular weight is 138 g/mol. The van der Waals surface area contributed by atoms with E-state index < -0.39 is 0 Å². The van der Waals surface area contributed by atoms with E-state index in [2.05, 4.69) is 38.1 Å². The zero-order chi connectivity index (χ0) is 5.98. The van der Waals surface area contributed by atoms with Crippen LogP contribution in [0.4, 0.5) is 0 Å². The van der Waals surface area contributed by atoms with Gasteiger partial charge < -0.3 is 0 Å². The van der Waals surface area contributed by atoms with Crippen LogP contribution in [0.15, 0.2) is 24.3 Å². The minimum atomic E-state index is 0. The third-order valence-corrected chi connectivity index (χ3v) is 1.22. The summed E-state index contributed by atoms with van der Waals surface area (Å²) in [5.74, 6) is 0. The number of aryl methyl sites for hydroxylation is 2. The van der Waals surface area contributed by atoms with Gasteiger partial charge in [-0.15, -0.1) is 0 Å². The van der Waals surface area contributed by atoms with Crippen molar-refractivity contribution in [3.05, 3.63) is 35.4 Å². The van der Waals surface area contributed by atoms with Crippen molar-refractivity contribution in [2.75, 3.05) is 0 Å². The first kappa shape index (κ1) is 12.0. The Morgan fingerprint density at radius 3 is 1.10 bits per heavy atom. The van der Waals surface area contributed by atoms with E-state index in [9.17, 15) is 0 Å². The quantitative estimate of drug-likeness (QED) is 0.514. The van der Waals surface area contributed by atoms with E-state index >= 15 is 0 Å². The van der Waals surface area contributed by atoms with E-state index in [0.29, 0.717) is 0 Å². The van der Waals surface area contributed by atoms with Crippen molar-refractivity contribution >= 4 is 0 Å². The molecule has 0 nitrogen and oxygen atoms in total. The van der Waals surface area contributed by atoms with Crippen molar-refractivity contribution in [3.8, 4) is 0 Å². The summed E-state index contributed by atoms with van der Waals surface area (Å²) in [5.41, 5.74) is 2.66. The summed E-state index contributed by atoms with van der Waals surface area (Å²) < 4.78 is 0. The van der Waals surface area contributed by atoms with Crippen LogP contribution < -0.4 is 0 Å². The molecule has 0 aromatic heterocycles. The van der Waals surface area contributed by atoms with Gasteiger partial charge in [0.25, 0.3) is 0 Å². The van der Waals surface area contributed by atoms with Crippen molar-refractivity contribution in [2.45, 2.75) is 28.7 Å². The smallest absolute Gasteiger partial charge is 0.0398 e. The van der Waals surface area contributed by atoms with E-state index in [1.807, 2.05) is 0 Å². The Kier molecular flexibility index (Phi) is 6.02. The van der Waals surface area contributed by atoms with Crippen LogP contribution in [-0.4, -0.2) is 0 Å². The summed E-state index contributed by atoms with van der Waals surface area (Å²) in [7, 11) is 0. The van der Waals surface area contributed by atoms with Gasteiger partial charge in [-0.2, -0.15) is 0 Å². The second kappa shape index (κ2) is 5.04. The van der Waals surface area contributed by atoms with Gasteiger partial charge in [-0.05, 0) is 13.8 Å². The van der Waals surface area contributed by atoms with Crippen LogP contribution in [0.1, 0.15) is 26.0 Å². The highest BCUT2D eigenvalue weighted by atomic mass is 13.9. The predicted molar refractivity (Wildman–Crippen MR) is 49.4 cm³/mol. The molecule has 0 aliphatic carbocycles. The van der Waals surface area contributed by atoms with Gasteiger partial charge in [-0.25, -0.2) is 0 Å². The van der Waals surface area contributed by atoms with Crippen molar-refractivity contribution in [3.63, 3.8) is 0 Å². The number of benzene rings is 1. The number of hydrogen-bond donors (Lipinski definition) is 0. The first-order valence-corrected chi connectivity index (χ1v) is 2.82. The number of hydrogen-bond acceptors (Lipinski definition) is 0. The van der Waals surface area contributed by atoms with Gasteiger partial charge in [0.1, 0.15) is 0 Å². The average Bonchev–Trinajstić information content (AvgIpc) is 1.77. The molecular weight excluding hydrogens is 120 g/mol. The second-order valence-electron chi connectivity index (χ2n) is 2.15. The van der Waals surface area contributed by atoms with Crippen LogP contribution in [0.25, 0.3) is 0 Å². The van der Waals surface area contributed by atoms with Crippen LogP contribution in [-0.2, 0) is 0 Å². The zero-order valence-corrected chi connectivity index (χ0v) is 5.31. The van der Waals surface area contributed by atoms with E-state index in [4.69, 9.17) is 0 Å². The molecule has 0 amide bonds. The highest BCUT2D eigenvalue weighted by molar-refractivity contribution is 5.19. The summed E-state index contributed by atoms with van der Waals surface area (Å²) in [6.07, 6.45) is 0. The van der Waals surface area contributed by atoms with Crippen LogP contribution >= 0.6 is 0 Å². The molecule has 0 saturated carbocycles. The van der Waals surface area contributed by atoms with Crippen LogP contribution in [0.3, 0.4) is 0 Å². The van der Waals surface area contributed by atoms with Crippen LogP contribution in [0, 0.1) is 13.8 Å². The first-order chi connectivity index (χ1) is 3.79. The Bertz CT molecular complexity index is 139. The van der Waals surface area contributed by atoms with Crippen LogP contribution in [0.5, 0.6) is 0 Å². The fourth-order valence-corrected chi connectivity index (χ4v) is 0.637. The van der Waals surface area contributed by atoms with Crippen molar-refractivity contribution in [2.24, 2.45) is 0 Å². The lowest BCUT2D eigenvalue weighted by Gasteiger charge is -1.90. The van der Waals surface area contributed by atoms with Gasteiger partial charge in [0, 0.05) is 0 Å². The van der Waals surface area contributed by atoms with Gasteiger partial charge in [0.15, 0.2) is 0 Å². The molecule has 0 radical (unpaired) electrons. The highest BCUT2D eigenvalue weighted by Gasteiger charge is 1.79. The van der Waals surface area contributed by atoms with Gasteiger partial charge in [-0.1, -0.05) is 50.2 Å². The summed E-state index contributed by atoms with van der Waals surface area (Å²) in [6.45, 7) is 4.19. The molecule has 58 valence electrons. The fraction of sp³-hybridized carbons (Fsp3) is 0.400. The Morgan fingerprint density at radius 1 is 0.700 bits per heavy atom. The van der Waals surface area contributed by atoms with Crippen molar-refractivity contribution in [1.82, 2.24) is 0 Å². The molecular formula is C10H18. The van der Waals surface area contributed by atoms with Gasteiger partial charge >= 0.3 is 0 Å². The maximum absolute atomic E-state index is 2.12. The summed E-state index contributed by atoms with van der Waals surface area (Å²) in [4.78, 5) is 0. The number of rotatable bonds is 0. The molecule has 1 rings (SSSR count). The lowest BCUT2D eigenvalue weighted by molar-refractivity contribution is 1.40. The third-order valence-electron chi connectivity index (χ3n) is 1.22. The molecule has 0 aliphatic heterocycles. The molecule has 10 heavy (non-hydrogen) atoms. The molecule has 0 fully saturated rings. The Hall–Kier alpha value is -0.780. The summed E-state index contributed by atoms with van der Waals surface area (Å²) in [6, 6.07) is 8.48. The Balaban J connectivity index is 0. The van der Waals surface area contributed by atoms with E-state index in [0.717, 1.165) is 0 Å². The van der Waals surface area contributed by atoms with Gasteiger partial charge in [0.2, 0.25) is 0 Å². The van der Waals surface area contributed by atoms with Crippen molar-refractivity contribution in [1.29, 1.82) is 0 Å². The first-order valence-electron chi connectivity index (χ1n) is 2.82. The maximum Gasteiger partial charge on any atom is -0.0398 e. The molecule has 0 N–H and O–H groups in total. The molecule has 0 atom stereocenters. The summed E-state index contributed by atoms with van der Waals surface area (Å²) >= 11 is 0. The predicted octanol–water partition coefficient (Wildman–Crippen LogP) is 3.58. The van der Waals surface area contributed by atoms with Gasteiger partial charge in [0.05, 0.1) is 0 Å². The molecule has 0 spiro atoms. The highest BCUT2D eigenvalue weighted by Crippen LogP contribution is 1.99. The lowest BCUT2D eigenvalue weighted by atomic mass is 10.2. The van der Waals surface area contributed by atoms with Gasteiger partial charge in [-0.3, -0.25) is 0 Å². The fourth-order valence-electron chi connectivity index (χ4n) is 0.637. The SMILES string of the molecule is C.C.Cc1ccc(C)cc1.